The molecule has 0 fully saturated rings. The molecule has 0 unspecified atom stereocenters. The lowest BCUT2D eigenvalue weighted by molar-refractivity contribution is 0.317. The maximum atomic E-state index is 9.02. The summed E-state index contributed by atoms with van der Waals surface area (Å²) in [5, 5.41) is 9.02. The van der Waals surface area contributed by atoms with Crippen LogP contribution in [0.2, 0.25) is 0 Å². The number of benzene rings is 2. The van der Waals surface area contributed by atoms with E-state index in [4.69, 9.17) is 10.00 Å². The molecule has 3 heteroatoms. The molecular weight excluding hydrogens is 356 g/mol. The number of para-hydroxylation sites is 1. The van der Waals surface area contributed by atoms with Crippen molar-refractivity contribution in [2.75, 3.05) is 24.6 Å². The Labute approximate surface area is 177 Å². The fraction of sp³-hybridized carbons (Fsp3) is 0.500. The van der Waals surface area contributed by atoms with Crippen molar-refractivity contribution in [3.8, 4) is 11.8 Å². The average Bonchev–Trinajstić information content (AvgIpc) is 2.76. The summed E-state index contributed by atoms with van der Waals surface area (Å²) >= 11 is 0. The minimum absolute atomic E-state index is 0.515. The van der Waals surface area contributed by atoms with Gasteiger partial charge in [0.2, 0.25) is 0 Å². The van der Waals surface area contributed by atoms with Crippen molar-refractivity contribution in [3.05, 3.63) is 58.7 Å². The Hall–Kier alpha value is -2.47. The van der Waals surface area contributed by atoms with E-state index in [2.05, 4.69) is 56.9 Å². The van der Waals surface area contributed by atoms with E-state index in [1.54, 1.807) is 0 Å². The number of nitrogens with zero attached hydrogens (tertiary/aromatic N) is 2. The van der Waals surface area contributed by atoms with Gasteiger partial charge in [-0.2, -0.15) is 5.26 Å². The van der Waals surface area contributed by atoms with Crippen molar-refractivity contribution >= 4 is 5.69 Å². The summed E-state index contributed by atoms with van der Waals surface area (Å²) in [6, 6.07) is 14.9. The molecule has 0 aliphatic rings. The molecule has 0 N–H and O–H groups in total. The molecule has 0 spiro atoms. The van der Waals surface area contributed by atoms with E-state index < -0.39 is 0 Å². The van der Waals surface area contributed by atoms with Crippen molar-refractivity contribution in [1.29, 1.82) is 5.26 Å². The van der Waals surface area contributed by atoms with E-state index in [1.807, 2.05) is 18.2 Å². The molecule has 0 atom stereocenters. The molecule has 156 valence electrons. The minimum atomic E-state index is 0.515. The summed E-state index contributed by atoms with van der Waals surface area (Å²) in [7, 11) is 0. The molecule has 2 aromatic carbocycles. The number of hydrogen-bond acceptors (Lipinski definition) is 3. The highest BCUT2D eigenvalue weighted by Crippen LogP contribution is 2.33. The standard InChI is InChI=1S/C26H36N2O/c1-5-13-22-20-21(6-2)26(25(8-4)24(22)7-3)29-19-18-28(17-12-16-27)23-14-10-9-11-15-23/h9-11,14-15,20H,5-8,12-13,17-19H2,1-4H3. The van der Waals surface area contributed by atoms with Crippen LogP contribution in [-0.2, 0) is 25.7 Å². The first-order valence-corrected chi connectivity index (χ1v) is 11.2. The Kier molecular flexibility index (Phi) is 9.57. The second-order valence-corrected chi connectivity index (χ2v) is 7.37. The second-order valence-electron chi connectivity index (χ2n) is 7.37. The van der Waals surface area contributed by atoms with Gasteiger partial charge in [-0.3, -0.25) is 0 Å². The SMILES string of the molecule is CCCc1cc(CC)c(OCCN(CCC#N)c2ccccc2)c(CC)c1CC. The zero-order chi connectivity index (χ0) is 21.1. The summed E-state index contributed by atoms with van der Waals surface area (Å²) in [4.78, 5) is 2.24. The highest BCUT2D eigenvalue weighted by atomic mass is 16.5. The van der Waals surface area contributed by atoms with Gasteiger partial charge < -0.3 is 9.64 Å². The van der Waals surface area contributed by atoms with Crippen LogP contribution in [0.1, 0.15) is 62.8 Å². The highest BCUT2D eigenvalue weighted by molar-refractivity contribution is 5.51. The molecule has 3 nitrogen and oxygen atoms in total. The van der Waals surface area contributed by atoms with Crippen LogP contribution < -0.4 is 9.64 Å². The number of aryl methyl sites for hydroxylation is 2. The molecule has 2 rings (SSSR count). The lowest BCUT2D eigenvalue weighted by atomic mass is 9.90. The van der Waals surface area contributed by atoms with E-state index in [1.165, 1.54) is 28.7 Å². The molecular formula is C26H36N2O. The van der Waals surface area contributed by atoms with Crippen LogP contribution in [0.5, 0.6) is 5.75 Å². The van der Waals surface area contributed by atoms with Gasteiger partial charge in [-0.25, -0.2) is 0 Å². The maximum absolute atomic E-state index is 9.02. The fourth-order valence-electron chi connectivity index (χ4n) is 4.09. The summed E-state index contributed by atoms with van der Waals surface area (Å²) in [5.41, 5.74) is 6.83. The molecule has 0 amide bonds. The van der Waals surface area contributed by atoms with Gasteiger partial charge >= 0.3 is 0 Å². The van der Waals surface area contributed by atoms with Crippen molar-refractivity contribution in [2.45, 2.75) is 66.2 Å². The van der Waals surface area contributed by atoms with Crippen molar-refractivity contribution in [3.63, 3.8) is 0 Å². The van der Waals surface area contributed by atoms with E-state index in [0.717, 1.165) is 50.2 Å². The summed E-state index contributed by atoms with van der Waals surface area (Å²) in [5.74, 6) is 1.10. The van der Waals surface area contributed by atoms with E-state index in [-0.39, 0.29) is 0 Å². The molecule has 0 saturated carbocycles. The Morgan fingerprint density at radius 2 is 1.62 bits per heavy atom. The number of hydrogen-bond donors (Lipinski definition) is 0. The lowest BCUT2D eigenvalue weighted by Gasteiger charge is -2.26. The zero-order valence-electron chi connectivity index (χ0n) is 18.6. The smallest absolute Gasteiger partial charge is 0.126 e. The normalized spacial score (nSPS) is 10.6. The largest absolute Gasteiger partial charge is 0.491 e. The highest BCUT2D eigenvalue weighted by Gasteiger charge is 2.17. The van der Waals surface area contributed by atoms with Crippen LogP contribution in [0.3, 0.4) is 0 Å². The molecule has 29 heavy (non-hydrogen) atoms. The van der Waals surface area contributed by atoms with Gasteiger partial charge in [-0.15, -0.1) is 0 Å². The maximum Gasteiger partial charge on any atom is 0.126 e. The molecule has 0 saturated heterocycles. The van der Waals surface area contributed by atoms with Gasteiger partial charge in [0.15, 0.2) is 0 Å². The van der Waals surface area contributed by atoms with Gasteiger partial charge in [-0.1, -0.05) is 58.4 Å². The molecule has 0 aliphatic heterocycles. The Bertz CT molecular complexity index is 793. The predicted molar refractivity (Wildman–Crippen MR) is 123 cm³/mol. The zero-order valence-corrected chi connectivity index (χ0v) is 18.6. The Balaban J connectivity index is 2.22. The van der Waals surface area contributed by atoms with Crippen LogP contribution in [0, 0.1) is 11.3 Å². The predicted octanol–water partition coefficient (Wildman–Crippen LogP) is 6.13. The number of ether oxygens (including phenoxy) is 1. The van der Waals surface area contributed by atoms with Crippen LogP contribution >= 0.6 is 0 Å². The molecule has 2 aromatic rings. The minimum Gasteiger partial charge on any atom is -0.491 e. The molecule has 0 aromatic heterocycles. The van der Waals surface area contributed by atoms with Gasteiger partial charge in [-0.05, 0) is 60.1 Å². The fourth-order valence-corrected chi connectivity index (χ4v) is 4.09. The van der Waals surface area contributed by atoms with Gasteiger partial charge in [0.25, 0.3) is 0 Å². The molecule has 0 radical (unpaired) electrons. The van der Waals surface area contributed by atoms with E-state index in [0.29, 0.717) is 13.0 Å². The van der Waals surface area contributed by atoms with Gasteiger partial charge in [0.05, 0.1) is 19.0 Å². The average molecular weight is 393 g/mol. The third kappa shape index (κ3) is 6.00. The topological polar surface area (TPSA) is 36.3 Å². The van der Waals surface area contributed by atoms with E-state index >= 15 is 0 Å². The van der Waals surface area contributed by atoms with Crippen LogP contribution in [0.25, 0.3) is 0 Å². The quantitative estimate of drug-likeness (QED) is 0.436. The van der Waals surface area contributed by atoms with E-state index in [9.17, 15) is 0 Å². The number of nitriles is 1. The summed E-state index contributed by atoms with van der Waals surface area (Å²) < 4.78 is 6.43. The van der Waals surface area contributed by atoms with Crippen molar-refractivity contribution in [1.82, 2.24) is 0 Å². The van der Waals surface area contributed by atoms with Gasteiger partial charge in [0.1, 0.15) is 12.4 Å². The third-order valence-corrected chi connectivity index (χ3v) is 5.50. The lowest BCUT2D eigenvalue weighted by Crippen LogP contribution is -2.29. The monoisotopic (exact) mass is 392 g/mol. The number of rotatable bonds is 12. The summed E-state index contributed by atoms with van der Waals surface area (Å²) in [6.07, 6.45) is 5.86. The van der Waals surface area contributed by atoms with Gasteiger partial charge in [0, 0.05) is 12.2 Å². The van der Waals surface area contributed by atoms with Crippen LogP contribution in [0.15, 0.2) is 36.4 Å². The first-order valence-electron chi connectivity index (χ1n) is 11.2. The second kappa shape index (κ2) is 12.2. The third-order valence-electron chi connectivity index (χ3n) is 5.50. The first kappa shape index (κ1) is 22.8. The van der Waals surface area contributed by atoms with Crippen molar-refractivity contribution < 1.29 is 4.74 Å². The molecule has 0 bridgehead atoms. The molecule has 0 aliphatic carbocycles. The molecule has 0 heterocycles. The van der Waals surface area contributed by atoms with Crippen LogP contribution in [-0.4, -0.2) is 19.7 Å². The van der Waals surface area contributed by atoms with Crippen molar-refractivity contribution in [2.24, 2.45) is 0 Å². The first-order chi connectivity index (χ1) is 14.2. The Morgan fingerprint density at radius 3 is 2.21 bits per heavy atom. The Morgan fingerprint density at radius 1 is 0.897 bits per heavy atom. The van der Waals surface area contributed by atoms with Crippen LogP contribution in [0.4, 0.5) is 5.69 Å². The number of anilines is 1. The summed E-state index contributed by atoms with van der Waals surface area (Å²) in [6.45, 7) is 11.1.